The molecule has 1 aliphatic heterocycles. The first-order valence-corrected chi connectivity index (χ1v) is 9.72. The van der Waals surface area contributed by atoms with E-state index in [0.29, 0.717) is 48.9 Å². The van der Waals surface area contributed by atoms with Crippen molar-refractivity contribution in [2.24, 2.45) is 7.05 Å². The maximum Gasteiger partial charge on any atom is 0.255 e. The molecule has 4 bridgehead atoms. The summed E-state index contributed by atoms with van der Waals surface area (Å²) in [5.41, 5.74) is 2.56. The molecule has 0 saturated carbocycles. The number of hydrogen-bond acceptors (Lipinski definition) is 7. The third-order valence-electron chi connectivity index (χ3n) is 4.66. The van der Waals surface area contributed by atoms with Crippen LogP contribution in [0.4, 0.5) is 11.5 Å². The summed E-state index contributed by atoms with van der Waals surface area (Å²) in [6.45, 7) is 1.55. The van der Waals surface area contributed by atoms with Gasteiger partial charge >= 0.3 is 0 Å². The van der Waals surface area contributed by atoms with Crippen LogP contribution < -0.4 is 10.6 Å². The highest BCUT2D eigenvalue weighted by molar-refractivity contribution is 6.08. The number of nitrogens with one attached hydrogen (secondary N) is 2. The van der Waals surface area contributed by atoms with Crippen LogP contribution >= 0.6 is 0 Å². The molecule has 3 aromatic heterocycles. The van der Waals surface area contributed by atoms with E-state index in [4.69, 9.17) is 4.74 Å². The molecule has 1 aliphatic rings. The lowest BCUT2D eigenvalue weighted by Gasteiger charge is -2.10. The van der Waals surface area contributed by atoms with Crippen LogP contribution in [0.5, 0.6) is 0 Å². The van der Waals surface area contributed by atoms with Gasteiger partial charge in [0, 0.05) is 56.3 Å². The van der Waals surface area contributed by atoms with Gasteiger partial charge < -0.3 is 15.4 Å². The first-order valence-electron chi connectivity index (χ1n) is 9.72. The van der Waals surface area contributed by atoms with Crippen LogP contribution in [-0.2, 0) is 11.8 Å². The van der Waals surface area contributed by atoms with Crippen LogP contribution in [0.2, 0.25) is 0 Å². The van der Waals surface area contributed by atoms with E-state index in [-0.39, 0.29) is 23.8 Å². The summed E-state index contributed by atoms with van der Waals surface area (Å²) in [7, 11) is 1.71. The average molecular weight is 406 g/mol. The number of nitrogens with zero attached hydrogens (tertiary/aromatic N) is 4. The summed E-state index contributed by atoms with van der Waals surface area (Å²) in [4.78, 5) is 34.1. The minimum absolute atomic E-state index is 0.136. The second kappa shape index (κ2) is 8.83. The zero-order valence-electron chi connectivity index (χ0n) is 16.6. The summed E-state index contributed by atoms with van der Waals surface area (Å²) in [5.74, 6) is 0.227. The normalized spacial score (nSPS) is 15.4. The second-order valence-corrected chi connectivity index (χ2v) is 6.94. The number of rotatable bonds is 0. The van der Waals surface area contributed by atoms with E-state index < -0.39 is 0 Å². The van der Waals surface area contributed by atoms with Crippen molar-refractivity contribution in [3.63, 3.8) is 0 Å². The number of amides is 1. The van der Waals surface area contributed by atoms with Crippen LogP contribution in [0.15, 0.2) is 42.9 Å². The number of hydrogen-bond donors (Lipinski definition) is 2. The number of ether oxygens (including phenoxy) is 1. The van der Waals surface area contributed by atoms with Gasteiger partial charge in [-0.1, -0.05) is 0 Å². The third kappa shape index (κ3) is 4.52. The molecular weight excluding hydrogens is 384 g/mol. The molecule has 0 atom stereocenters. The number of aryl methyl sites for hydroxylation is 1. The van der Waals surface area contributed by atoms with Gasteiger partial charge in [0.2, 0.25) is 0 Å². The van der Waals surface area contributed by atoms with E-state index >= 15 is 0 Å². The predicted octanol–water partition coefficient (Wildman–Crippen LogP) is 2.53. The van der Waals surface area contributed by atoms with Gasteiger partial charge in [0.25, 0.3) is 5.91 Å². The number of anilines is 2. The standard InChI is InChI=1S/C21H22N6O3/c1-27-13-17-20(26-27)18(28)3-2-9-30-10-8-24-19-12-14(4-7-23-19)16-11-15(5-6-22-16)21(29)25-17/h4-7,11-13H,2-3,8-10H2,1H3,(H,23,24)(H,25,29). The van der Waals surface area contributed by atoms with E-state index in [1.807, 2.05) is 12.1 Å². The largest absolute Gasteiger partial charge is 0.380 e. The van der Waals surface area contributed by atoms with Crippen molar-refractivity contribution in [3.05, 3.63) is 54.1 Å². The lowest BCUT2D eigenvalue weighted by Crippen LogP contribution is -2.15. The fourth-order valence-electron chi connectivity index (χ4n) is 3.20. The summed E-state index contributed by atoms with van der Waals surface area (Å²) in [6.07, 6.45) is 5.77. The smallest absolute Gasteiger partial charge is 0.255 e. The molecule has 154 valence electrons. The van der Waals surface area contributed by atoms with Gasteiger partial charge in [-0.15, -0.1) is 0 Å². The Kier molecular flexibility index (Phi) is 5.80. The van der Waals surface area contributed by atoms with Gasteiger partial charge in [-0.25, -0.2) is 4.98 Å². The Morgan fingerprint density at radius 1 is 1.07 bits per heavy atom. The summed E-state index contributed by atoms with van der Waals surface area (Å²) < 4.78 is 7.11. The fraction of sp³-hybridized carbons (Fsp3) is 0.286. The molecule has 9 heteroatoms. The van der Waals surface area contributed by atoms with Crippen LogP contribution in [0.1, 0.15) is 33.7 Å². The van der Waals surface area contributed by atoms with Crippen molar-refractivity contribution in [3.8, 4) is 11.3 Å². The lowest BCUT2D eigenvalue weighted by molar-refractivity contribution is 0.0940. The topological polar surface area (TPSA) is 111 Å². The lowest BCUT2D eigenvalue weighted by atomic mass is 10.1. The maximum absolute atomic E-state index is 12.8. The molecule has 4 rings (SSSR count). The zero-order chi connectivity index (χ0) is 20.9. The molecule has 3 aromatic rings. The molecule has 0 unspecified atom stereocenters. The number of ketones is 1. The van der Waals surface area contributed by atoms with Crippen molar-refractivity contribution in [2.75, 3.05) is 30.4 Å². The summed E-state index contributed by atoms with van der Waals surface area (Å²) in [5, 5.41) is 10.2. The molecule has 0 radical (unpaired) electrons. The molecule has 0 aliphatic carbocycles. The highest BCUT2D eigenvalue weighted by Crippen LogP contribution is 2.22. The van der Waals surface area contributed by atoms with E-state index in [1.54, 1.807) is 37.8 Å². The third-order valence-corrected chi connectivity index (χ3v) is 4.66. The van der Waals surface area contributed by atoms with E-state index in [0.717, 1.165) is 5.56 Å². The second-order valence-electron chi connectivity index (χ2n) is 6.94. The van der Waals surface area contributed by atoms with Crippen LogP contribution in [0.25, 0.3) is 11.3 Å². The minimum Gasteiger partial charge on any atom is -0.380 e. The fourth-order valence-corrected chi connectivity index (χ4v) is 3.20. The van der Waals surface area contributed by atoms with Crippen molar-refractivity contribution in [1.82, 2.24) is 19.7 Å². The molecule has 0 spiro atoms. The van der Waals surface area contributed by atoms with Gasteiger partial charge in [-0.05, 0) is 30.7 Å². The predicted molar refractivity (Wildman–Crippen MR) is 112 cm³/mol. The summed E-state index contributed by atoms with van der Waals surface area (Å²) in [6, 6.07) is 7.05. The first-order chi connectivity index (χ1) is 14.6. The highest BCUT2D eigenvalue weighted by Gasteiger charge is 2.19. The highest BCUT2D eigenvalue weighted by atomic mass is 16.5. The molecule has 1 amide bonds. The number of pyridine rings is 2. The molecule has 0 aromatic carbocycles. The molecular formula is C21H22N6O3. The molecule has 0 saturated heterocycles. The number of fused-ring (bicyclic) bond motifs is 6. The molecule has 2 N–H and O–H groups in total. The van der Waals surface area contributed by atoms with E-state index in [9.17, 15) is 9.59 Å². The van der Waals surface area contributed by atoms with Crippen LogP contribution in [0, 0.1) is 0 Å². The van der Waals surface area contributed by atoms with E-state index in [1.165, 1.54) is 4.68 Å². The van der Waals surface area contributed by atoms with Gasteiger partial charge in [0.1, 0.15) is 5.82 Å². The minimum atomic E-state index is -0.336. The van der Waals surface area contributed by atoms with Gasteiger partial charge in [-0.2, -0.15) is 5.10 Å². The zero-order valence-corrected chi connectivity index (χ0v) is 16.6. The van der Waals surface area contributed by atoms with Crippen LogP contribution in [0.3, 0.4) is 0 Å². The van der Waals surface area contributed by atoms with Gasteiger partial charge in [0.15, 0.2) is 11.5 Å². The van der Waals surface area contributed by atoms with Gasteiger partial charge in [0.05, 0.1) is 18.0 Å². The maximum atomic E-state index is 12.8. The van der Waals surface area contributed by atoms with Crippen molar-refractivity contribution in [1.29, 1.82) is 0 Å². The molecule has 4 heterocycles. The van der Waals surface area contributed by atoms with Gasteiger partial charge in [-0.3, -0.25) is 19.3 Å². The first kappa shape index (κ1) is 19.7. The quantitative estimate of drug-likeness (QED) is 0.590. The molecule has 0 fully saturated rings. The molecule has 30 heavy (non-hydrogen) atoms. The Morgan fingerprint density at radius 3 is 2.80 bits per heavy atom. The Balaban J connectivity index is 1.68. The Labute approximate surface area is 173 Å². The monoisotopic (exact) mass is 406 g/mol. The summed E-state index contributed by atoms with van der Waals surface area (Å²) >= 11 is 0. The van der Waals surface area contributed by atoms with Crippen LogP contribution in [-0.4, -0.2) is 51.2 Å². The Hall–Kier alpha value is -3.59. The number of carbonyl (C=O) groups is 2. The number of aromatic nitrogens is 4. The van der Waals surface area contributed by atoms with Crippen molar-refractivity contribution >= 4 is 23.2 Å². The number of Topliss-reactive ketones (excluding diaryl/α,β-unsaturated/α-hetero) is 1. The molecule has 9 nitrogen and oxygen atoms in total. The van der Waals surface area contributed by atoms with Crippen molar-refractivity contribution in [2.45, 2.75) is 12.8 Å². The Bertz CT molecular complexity index is 1080. The van der Waals surface area contributed by atoms with E-state index in [2.05, 4.69) is 25.7 Å². The SMILES string of the molecule is Cn1cc2c(n1)C(=O)CCCOCCNc1cc(ccn1)-c1cc(ccn1)C(=O)N2. The number of carbonyl (C=O) groups excluding carboxylic acids is 2. The van der Waals surface area contributed by atoms with Crippen molar-refractivity contribution < 1.29 is 14.3 Å². The average Bonchev–Trinajstić information content (AvgIpc) is 3.12. The Morgan fingerprint density at radius 2 is 1.90 bits per heavy atom.